The summed E-state index contributed by atoms with van der Waals surface area (Å²) in [5.41, 5.74) is 11.8. The topological polar surface area (TPSA) is 401 Å². The molecule has 78 heavy (non-hydrogen) atoms. The average molecular weight is 1140 g/mol. The summed E-state index contributed by atoms with van der Waals surface area (Å²) in [5.74, 6) is -10.1. The molecule has 1 aromatic rings. The molecule has 1 heterocycles. The van der Waals surface area contributed by atoms with E-state index in [1.165, 1.54) is 18.7 Å². The third-order valence-corrected chi connectivity index (χ3v) is 13.3. The molecule has 0 unspecified atom stereocenters. The first-order valence-corrected chi connectivity index (χ1v) is 27.3. The van der Waals surface area contributed by atoms with E-state index >= 15 is 0 Å². The summed E-state index contributed by atoms with van der Waals surface area (Å²) in [5, 5.41) is 34.4. The van der Waals surface area contributed by atoms with Crippen molar-refractivity contribution in [1.82, 2.24) is 58.1 Å². The number of unbranched alkanes of at least 4 members (excludes halogenated alkanes) is 1. The molecular weight excluding hydrogens is 1050 g/mol. The Kier molecular flexibility index (Phi) is 30.4. The number of aliphatic carboxylic acids is 1. The number of nitrogens with two attached hydrogens (primary N) is 2. The van der Waals surface area contributed by atoms with Gasteiger partial charge in [-0.05, 0) is 76.3 Å². The molecule has 0 spiro atoms. The highest BCUT2D eigenvalue weighted by Crippen LogP contribution is 2.20. The van der Waals surface area contributed by atoms with Gasteiger partial charge in [0.05, 0.1) is 25.7 Å². The third kappa shape index (κ3) is 23.6. The molecule has 1 saturated heterocycles. The minimum atomic E-state index is -1.34. The Morgan fingerprint density at radius 1 is 0.641 bits per heavy atom. The van der Waals surface area contributed by atoms with Gasteiger partial charge in [-0.1, -0.05) is 64.4 Å². The largest absolute Gasteiger partial charge is 0.480 e. The predicted molar refractivity (Wildman–Crippen MR) is 294 cm³/mol. The highest BCUT2D eigenvalue weighted by molar-refractivity contribution is 7.80. The molecule has 436 valence electrons. The number of carbonyl (C=O) groups is 12. The predicted octanol–water partition coefficient (Wildman–Crippen LogP) is -3.51. The molecule has 1 aromatic carbocycles. The van der Waals surface area contributed by atoms with Crippen molar-refractivity contribution < 1.29 is 62.6 Å². The van der Waals surface area contributed by atoms with E-state index in [1.54, 1.807) is 44.2 Å². The van der Waals surface area contributed by atoms with E-state index < -0.39 is 151 Å². The molecule has 0 aliphatic carbocycles. The molecule has 15 N–H and O–H groups in total. The second-order valence-corrected chi connectivity index (χ2v) is 20.3. The maximum absolute atomic E-state index is 14.3. The van der Waals surface area contributed by atoms with E-state index in [4.69, 9.17) is 11.5 Å². The maximum Gasteiger partial charge on any atom is 0.326 e. The number of amides is 11. The van der Waals surface area contributed by atoms with Gasteiger partial charge in [0.2, 0.25) is 65.0 Å². The molecule has 0 aromatic heterocycles. The fraction of sp³-hybridized carbons (Fsp3) is 0.640. The summed E-state index contributed by atoms with van der Waals surface area (Å²) in [6.07, 6.45) is 2.44. The number of thiol groups is 2. The lowest BCUT2D eigenvalue weighted by atomic mass is 9.98. The Morgan fingerprint density at radius 3 is 1.79 bits per heavy atom. The summed E-state index contributed by atoms with van der Waals surface area (Å²) in [4.78, 5) is 158. The Balaban J connectivity index is 2.09. The van der Waals surface area contributed by atoms with Gasteiger partial charge >= 0.3 is 5.97 Å². The lowest BCUT2D eigenvalue weighted by Gasteiger charge is -2.30. The first-order chi connectivity index (χ1) is 36.9. The van der Waals surface area contributed by atoms with Crippen LogP contribution in [-0.4, -0.2) is 180 Å². The summed E-state index contributed by atoms with van der Waals surface area (Å²) in [6.45, 7) is 8.71. The zero-order chi connectivity index (χ0) is 58.6. The molecule has 1 aliphatic heterocycles. The van der Waals surface area contributed by atoms with Crippen molar-refractivity contribution >= 4 is 96.2 Å². The van der Waals surface area contributed by atoms with Crippen LogP contribution >= 0.6 is 25.3 Å². The van der Waals surface area contributed by atoms with Crippen LogP contribution in [0.25, 0.3) is 0 Å². The minimum Gasteiger partial charge on any atom is -0.480 e. The van der Waals surface area contributed by atoms with Crippen LogP contribution in [-0.2, 0) is 64.0 Å². The van der Waals surface area contributed by atoms with E-state index in [0.29, 0.717) is 37.8 Å². The SMILES string of the molecule is CC[C@H](C)[C@H](NC(=O)CNC(=O)[C@H](CS)NC(=O)[C@H](CC(C)C)NC(=O)[C@H](C)N)C(=O)N[C@@H](C)C(=O)N[C@@H](CS)C(=O)N[C@@H](Cc1ccccc1)C(=O)N1CCC[C@H]1C(=O)NCC(=O)NCC(=O)N[C@@H](CCCCN)C(=O)O. The number of hydrogen-bond donors (Lipinski definition) is 15. The standard InChI is InChI=1S/C50H81N13O13S2/c1-7-28(4)41(62-40(66)24-54-44(69)35(25-77)61-45(70)33(20-27(2)3)58-42(67)29(5)52)48(73)56-30(6)43(68)60-36(26-78)46(71)59-34(21-31-14-9-8-10-15-31)49(74)63-19-13-17-37(63)47(72)55-22-38(64)53-23-39(65)57-32(50(75)76)16-11-12-18-51/h8-10,14-15,27-30,32-37,41,77-78H,7,11-13,16-26,51-52H2,1-6H3,(H,53,64)(H,54,69)(H,55,72)(H,56,73)(H,57,65)(H,58,67)(H,59,71)(H,60,68)(H,61,70)(H,62,66)(H,75,76)/t28-,29-,30-,32-,33-,34-,35-,36-,37-,41-/m0/s1. The van der Waals surface area contributed by atoms with Gasteiger partial charge in [0, 0.05) is 24.5 Å². The Labute approximate surface area is 465 Å². The number of nitrogens with one attached hydrogen (secondary N) is 10. The number of likely N-dealkylation sites (tertiary alicyclic amines) is 1. The van der Waals surface area contributed by atoms with Crippen LogP contribution in [0.5, 0.6) is 0 Å². The first kappa shape index (κ1) is 67.6. The summed E-state index contributed by atoms with van der Waals surface area (Å²) < 4.78 is 0. The van der Waals surface area contributed by atoms with Crippen molar-refractivity contribution in [1.29, 1.82) is 0 Å². The lowest BCUT2D eigenvalue weighted by molar-refractivity contribution is -0.142. The van der Waals surface area contributed by atoms with Crippen LogP contribution in [0.15, 0.2) is 30.3 Å². The third-order valence-electron chi connectivity index (χ3n) is 12.6. The number of benzene rings is 1. The maximum atomic E-state index is 14.3. The van der Waals surface area contributed by atoms with E-state index in [2.05, 4.69) is 78.4 Å². The molecule has 0 radical (unpaired) electrons. The minimum absolute atomic E-state index is 0.00828. The van der Waals surface area contributed by atoms with Crippen LogP contribution < -0.4 is 64.6 Å². The van der Waals surface area contributed by atoms with E-state index in [0.717, 1.165) is 0 Å². The van der Waals surface area contributed by atoms with E-state index in [-0.39, 0.29) is 49.7 Å². The molecule has 0 bridgehead atoms. The van der Waals surface area contributed by atoms with Crippen LogP contribution in [0, 0.1) is 11.8 Å². The van der Waals surface area contributed by atoms with Crippen LogP contribution in [0.3, 0.4) is 0 Å². The van der Waals surface area contributed by atoms with Gasteiger partial charge in [-0.25, -0.2) is 4.79 Å². The number of carbonyl (C=O) groups excluding carboxylic acids is 11. The van der Waals surface area contributed by atoms with E-state index in [1.807, 2.05) is 13.8 Å². The molecule has 0 saturated carbocycles. The van der Waals surface area contributed by atoms with Crippen LogP contribution in [0.1, 0.15) is 92.1 Å². The molecule has 2 rings (SSSR count). The number of nitrogens with zero attached hydrogens (tertiary/aromatic N) is 1. The Bertz CT molecular complexity index is 2230. The molecule has 26 nitrogen and oxygen atoms in total. The monoisotopic (exact) mass is 1140 g/mol. The van der Waals surface area contributed by atoms with Crippen molar-refractivity contribution in [2.75, 3.05) is 44.2 Å². The summed E-state index contributed by atoms with van der Waals surface area (Å²) in [6, 6.07) is -1.68. The zero-order valence-corrected chi connectivity index (χ0v) is 47.0. The van der Waals surface area contributed by atoms with Crippen molar-refractivity contribution in [2.24, 2.45) is 23.3 Å². The van der Waals surface area contributed by atoms with Crippen LogP contribution in [0.4, 0.5) is 0 Å². The van der Waals surface area contributed by atoms with Gasteiger partial charge in [-0.15, -0.1) is 0 Å². The highest BCUT2D eigenvalue weighted by Gasteiger charge is 2.39. The molecule has 11 amide bonds. The molecule has 1 aliphatic rings. The molecule has 10 atom stereocenters. The summed E-state index contributed by atoms with van der Waals surface area (Å²) in [7, 11) is 0. The van der Waals surface area contributed by atoms with Gasteiger partial charge in [0.1, 0.15) is 48.3 Å². The smallest absolute Gasteiger partial charge is 0.326 e. The van der Waals surface area contributed by atoms with Gasteiger partial charge in [-0.3, -0.25) is 52.7 Å². The van der Waals surface area contributed by atoms with Gasteiger partial charge in [0.25, 0.3) is 0 Å². The molecule has 28 heteroatoms. The Hall–Kier alpha value is -6.52. The quantitative estimate of drug-likeness (QED) is 0.0235. The highest BCUT2D eigenvalue weighted by atomic mass is 32.1. The summed E-state index contributed by atoms with van der Waals surface area (Å²) >= 11 is 8.45. The van der Waals surface area contributed by atoms with Crippen molar-refractivity contribution in [3.63, 3.8) is 0 Å². The van der Waals surface area contributed by atoms with Gasteiger partial charge in [0.15, 0.2) is 0 Å². The zero-order valence-electron chi connectivity index (χ0n) is 45.2. The van der Waals surface area contributed by atoms with Gasteiger partial charge < -0.3 is 74.6 Å². The van der Waals surface area contributed by atoms with Gasteiger partial charge in [-0.2, -0.15) is 25.3 Å². The molecular formula is C50H81N13O13S2. The fourth-order valence-corrected chi connectivity index (χ4v) is 8.41. The number of hydrogen-bond acceptors (Lipinski definition) is 16. The fourth-order valence-electron chi connectivity index (χ4n) is 7.90. The van der Waals surface area contributed by atoms with Crippen molar-refractivity contribution in [2.45, 2.75) is 147 Å². The molecule has 1 fully saturated rings. The van der Waals surface area contributed by atoms with Crippen LogP contribution in [0.2, 0.25) is 0 Å². The average Bonchev–Trinajstić information content (AvgIpc) is 3.90. The normalized spacial score (nSPS) is 16.4. The van der Waals surface area contributed by atoms with Crippen molar-refractivity contribution in [3.05, 3.63) is 35.9 Å². The number of carboxylic acids is 1. The Morgan fingerprint density at radius 2 is 1.21 bits per heavy atom. The van der Waals surface area contributed by atoms with Crippen molar-refractivity contribution in [3.8, 4) is 0 Å². The second kappa shape index (κ2) is 35.1. The lowest BCUT2D eigenvalue weighted by Crippen LogP contribution is -2.60. The second-order valence-electron chi connectivity index (χ2n) is 19.5. The number of rotatable bonds is 34. The first-order valence-electron chi connectivity index (χ1n) is 26.0. The van der Waals surface area contributed by atoms with E-state index in [9.17, 15) is 62.6 Å². The number of carboxylic acid groups (broad SMARTS) is 1.